The molecule has 3 atom stereocenters. The molecule has 3 unspecified atom stereocenters. The first-order chi connectivity index (χ1) is 9.97. The Labute approximate surface area is 125 Å². The fourth-order valence-corrected chi connectivity index (χ4v) is 3.01. The van der Waals surface area contributed by atoms with Gasteiger partial charge in [0, 0.05) is 6.04 Å². The van der Waals surface area contributed by atoms with E-state index in [0.29, 0.717) is 17.4 Å². The summed E-state index contributed by atoms with van der Waals surface area (Å²) in [7, 11) is 0. The number of benzene rings is 1. The van der Waals surface area contributed by atoms with Gasteiger partial charge in [-0.15, -0.1) is 0 Å². The van der Waals surface area contributed by atoms with Crippen molar-refractivity contribution in [2.24, 2.45) is 11.8 Å². The number of carboxylic acids is 1. The van der Waals surface area contributed by atoms with Crippen molar-refractivity contribution >= 4 is 11.9 Å². The van der Waals surface area contributed by atoms with Crippen LogP contribution in [0.15, 0.2) is 24.3 Å². The van der Waals surface area contributed by atoms with E-state index in [1.807, 2.05) is 0 Å². The predicted molar refractivity (Wildman–Crippen MR) is 81.2 cm³/mol. The minimum Gasteiger partial charge on any atom is -0.478 e. The van der Waals surface area contributed by atoms with Crippen LogP contribution in [-0.2, 0) is 11.2 Å². The van der Waals surface area contributed by atoms with Crippen LogP contribution in [0.5, 0.6) is 0 Å². The van der Waals surface area contributed by atoms with E-state index in [1.54, 1.807) is 18.2 Å². The van der Waals surface area contributed by atoms with Gasteiger partial charge in [-0.1, -0.05) is 32.0 Å². The summed E-state index contributed by atoms with van der Waals surface area (Å²) < 4.78 is 0. The van der Waals surface area contributed by atoms with Crippen molar-refractivity contribution in [3.63, 3.8) is 0 Å². The van der Waals surface area contributed by atoms with Crippen LogP contribution >= 0.6 is 0 Å². The summed E-state index contributed by atoms with van der Waals surface area (Å²) in [6.07, 6.45) is 3.28. The van der Waals surface area contributed by atoms with E-state index in [2.05, 4.69) is 19.2 Å². The molecular formula is C17H23NO3. The van der Waals surface area contributed by atoms with Gasteiger partial charge in [0.25, 0.3) is 0 Å². The van der Waals surface area contributed by atoms with Crippen LogP contribution in [0.25, 0.3) is 0 Å². The molecule has 0 saturated heterocycles. The SMILES string of the molecule is CC1CCC(NC(=O)Cc2ccccc2C(=O)O)CC1C. The number of aromatic carboxylic acids is 1. The number of carbonyl (C=O) groups excluding carboxylic acids is 1. The van der Waals surface area contributed by atoms with Crippen LogP contribution < -0.4 is 5.32 Å². The third-order valence-corrected chi connectivity index (χ3v) is 4.56. The lowest BCUT2D eigenvalue weighted by Gasteiger charge is -2.32. The molecular weight excluding hydrogens is 266 g/mol. The van der Waals surface area contributed by atoms with E-state index < -0.39 is 5.97 Å². The number of rotatable bonds is 4. The highest BCUT2D eigenvalue weighted by atomic mass is 16.4. The van der Waals surface area contributed by atoms with Gasteiger partial charge in [0.1, 0.15) is 0 Å². The Morgan fingerprint density at radius 1 is 1.19 bits per heavy atom. The molecule has 1 amide bonds. The summed E-state index contributed by atoms with van der Waals surface area (Å²) in [6, 6.07) is 6.90. The Kier molecular flexibility index (Phi) is 4.99. The second-order valence-corrected chi connectivity index (χ2v) is 6.17. The minimum absolute atomic E-state index is 0.0875. The molecule has 1 saturated carbocycles. The first-order valence-corrected chi connectivity index (χ1v) is 7.58. The van der Waals surface area contributed by atoms with E-state index in [1.165, 1.54) is 6.07 Å². The van der Waals surface area contributed by atoms with E-state index in [0.717, 1.165) is 19.3 Å². The molecule has 4 heteroatoms. The van der Waals surface area contributed by atoms with Gasteiger partial charge in [-0.3, -0.25) is 4.79 Å². The number of carboxylic acid groups (broad SMARTS) is 1. The van der Waals surface area contributed by atoms with Crippen molar-refractivity contribution in [2.75, 3.05) is 0 Å². The van der Waals surface area contributed by atoms with E-state index in [4.69, 9.17) is 5.11 Å². The van der Waals surface area contributed by atoms with Gasteiger partial charge in [-0.05, 0) is 42.7 Å². The van der Waals surface area contributed by atoms with Gasteiger partial charge in [-0.25, -0.2) is 4.79 Å². The largest absolute Gasteiger partial charge is 0.478 e. The van der Waals surface area contributed by atoms with Gasteiger partial charge < -0.3 is 10.4 Å². The molecule has 0 spiro atoms. The van der Waals surface area contributed by atoms with Crippen molar-refractivity contribution in [3.05, 3.63) is 35.4 Å². The normalized spacial score (nSPS) is 25.3. The zero-order valence-electron chi connectivity index (χ0n) is 12.6. The molecule has 0 radical (unpaired) electrons. The standard InChI is InChI=1S/C17H23NO3/c1-11-7-8-14(9-12(11)2)18-16(19)10-13-5-3-4-6-15(13)17(20)21/h3-6,11-12,14H,7-10H2,1-2H3,(H,18,19)(H,20,21). The van der Waals surface area contributed by atoms with Crippen LogP contribution in [0.4, 0.5) is 0 Å². The summed E-state index contributed by atoms with van der Waals surface area (Å²) in [5.41, 5.74) is 0.776. The van der Waals surface area contributed by atoms with Crippen LogP contribution in [0.3, 0.4) is 0 Å². The van der Waals surface area contributed by atoms with E-state index in [-0.39, 0.29) is 23.9 Å². The number of nitrogens with one attached hydrogen (secondary N) is 1. The maximum Gasteiger partial charge on any atom is 0.335 e. The molecule has 2 rings (SSSR count). The van der Waals surface area contributed by atoms with Gasteiger partial charge in [-0.2, -0.15) is 0 Å². The topological polar surface area (TPSA) is 66.4 Å². The fourth-order valence-electron chi connectivity index (χ4n) is 3.01. The zero-order valence-corrected chi connectivity index (χ0v) is 12.6. The highest BCUT2D eigenvalue weighted by molar-refractivity contribution is 5.91. The Bertz CT molecular complexity index is 527. The molecule has 2 N–H and O–H groups in total. The summed E-state index contributed by atoms with van der Waals surface area (Å²) in [5, 5.41) is 12.2. The molecule has 0 heterocycles. The molecule has 4 nitrogen and oxygen atoms in total. The lowest BCUT2D eigenvalue weighted by molar-refractivity contribution is -0.121. The van der Waals surface area contributed by atoms with Gasteiger partial charge >= 0.3 is 5.97 Å². The Morgan fingerprint density at radius 2 is 1.90 bits per heavy atom. The summed E-state index contributed by atoms with van der Waals surface area (Å²) >= 11 is 0. The average Bonchev–Trinajstić information content (AvgIpc) is 2.43. The maximum absolute atomic E-state index is 12.1. The molecule has 1 fully saturated rings. The third-order valence-electron chi connectivity index (χ3n) is 4.56. The third kappa shape index (κ3) is 4.06. The second-order valence-electron chi connectivity index (χ2n) is 6.17. The number of hydrogen-bond acceptors (Lipinski definition) is 2. The second kappa shape index (κ2) is 6.74. The highest BCUT2D eigenvalue weighted by Gasteiger charge is 2.25. The molecule has 114 valence electrons. The molecule has 21 heavy (non-hydrogen) atoms. The van der Waals surface area contributed by atoms with Crippen LogP contribution in [0, 0.1) is 11.8 Å². The zero-order chi connectivity index (χ0) is 15.4. The van der Waals surface area contributed by atoms with Crippen LogP contribution in [0.2, 0.25) is 0 Å². The van der Waals surface area contributed by atoms with Gasteiger partial charge in [0.05, 0.1) is 12.0 Å². The minimum atomic E-state index is -0.987. The van der Waals surface area contributed by atoms with Crippen molar-refractivity contribution in [1.29, 1.82) is 0 Å². The van der Waals surface area contributed by atoms with Crippen molar-refractivity contribution in [1.82, 2.24) is 5.32 Å². The molecule has 0 aliphatic heterocycles. The average molecular weight is 289 g/mol. The number of hydrogen-bond donors (Lipinski definition) is 2. The summed E-state index contributed by atoms with van der Waals surface area (Å²) in [4.78, 5) is 23.3. The Balaban J connectivity index is 1.95. The molecule has 1 aromatic rings. The molecule has 1 aromatic carbocycles. The highest BCUT2D eigenvalue weighted by Crippen LogP contribution is 2.29. The number of amides is 1. The number of carbonyl (C=O) groups is 2. The maximum atomic E-state index is 12.1. The molecule has 1 aliphatic rings. The van der Waals surface area contributed by atoms with E-state index >= 15 is 0 Å². The quantitative estimate of drug-likeness (QED) is 0.895. The molecule has 0 aromatic heterocycles. The first-order valence-electron chi connectivity index (χ1n) is 7.58. The van der Waals surface area contributed by atoms with Crippen molar-refractivity contribution in [3.8, 4) is 0 Å². The van der Waals surface area contributed by atoms with Crippen LogP contribution in [-0.4, -0.2) is 23.0 Å². The van der Waals surface area contributed by atoms with Crippen molar-refractivity contribution in [2.45, 2.75) is 45.6 Å². The summed E-state index contributed by atoms with van der Waals surface area (Å²) in [6.45, 7) is 4.48. The van der Waals surface area contributed by atoms with E-state index in [9.17, 15) is 9.59 Å². The molecule has 0 bridgehead atoms. The summed E-state index contributed by atoms with van der Waals surface area (Å²) in [5.74, 6) is 0.259. The van der Waals surface area contributed by atoms with Gasteiger partial charge in [0.2, 0.25) is 5.91 Å². The lowest BCUT2D eigenvalue weighted by Crippen LogP contribution is -2.40. The fraction of sp³-hybridized carbons (Fsp3) is 0.529. The predicted octanol–water partition coefficient (Wildman–Crippen LogP) is 2.87. The molecule has 1 aliphatic carbocycles. The van der Waals surface area contributed by atoms with Crippen molar-refractivity contribution < 1.29 is 14.7 Å². The lowest BCUT2D eigenvalue weighted by atomic mass is 9.79. The monoisotopic (exact) mass is 289 g/mol. The smallest absolute Gasteiger partial charge is 0.335 e. The van der Waals surface area contributed by atoms with Gasteiger partial charge in [0.15, 0.2) is 0 Å². The Hall–Kier alpha value is -1.84. The first kappa shape index (κ1) is 15.5. The van der Waals surface area contributed by atoms with Crippen LogP contribution in [0.1, 0.15) is 49.0 Å². The Morgan fingerprint density at radius 3 is 2.57 bits per heavy atom.